The minimum Gasteiger partial charge on any atom is -0.480 e. The molecule has 1 fully saturated rings. The fourth-order valence-corrected chi connectivity index (χ4v) is 3.80. The molecule has 0 saturated carbocycles. The molecule has 1 aliphatic heterocycles. The van der Waals surface area contributed by atoms with Gasteiger partial charge in [0.25, 0.3) is 5.91 Å². The SMILES string of the molecule is CC(C)C1SCC(C(=O)O)N1C(=O)c1ccc(C#N)cc1. The van der Waals surface area contributed by atoms with Crippen LogP contribution >= 0.6 is 11.8 Å². The summed E-state index contributed by atoms with van der Waals surface area (Å²) in [6, 6.07) is 7.46. The summed E-state index contributed by atoms with van der Waals surface area (Å²) in [5.74, 6) is -0.704. The van der Waals surface area contributed by atoms with Crippen LogP contribution in [0.15, 0.2) is 24.3 Å². The summed E-state index contributed by atoms with van der Waals surface area (Å²) in [6.07, 6.45) is 0. The molecule has 21 heavy (non-hydrogen) atoms. The number of aliphatic carboxylic acids is 1. The maximum Gasteiger partial charge on any atom is 0.327 e. The summed E-state index contributed by atoms with van der Waals surface area (Å²) in [5, 5.41) is 17.9. The van der Waals surface area contributed by atoms with Crippen molar-refractivity contribution in [3.63, 3.8) is 0 Å². The van der Waals surface area contributed by atoms with Crippen LogP contribution in [-0.4, -0.2) is 39.1 Å². The lowest BCUT2D eigenvalue weighted by Crippen LogP contribution is -2.47. The third-order valence-electron chi connectivity index (χ3n) is 3.39. The molecule has 110 valence electrons. The first-order chi connectivity index (χ1) is 9.95. The van der Waals surface area contributed by atoms with Gasteiger partial charge in [0.2, 0.25) is 0 Å². The molecule has 1 aromatic carbocycles. The van der Waals surface area contributed by atoms with E-state index < -0.39 is 12.0 Å². The van der Waals surface area contributed by atoms with Crippen LogP contribution in [0.3, 0.4) is 0 Å². The minimum atomic E-state index is -0.979. The number of carboxylic acid groups (broad SMARTS) is 1. The standard InChI is InChI=1S/C15H16N2O3S/c1-9(2)14-17(12(8-21-14)15(19)20)13(18)11-5-3-10(7-16)4-6-11/h3-6,9,12,14H,8H2,1-2H3,(H,19,20). The molecule has 1 amide bonds. The summed E-state index contributed by atoms with van der Waals surface area (Å²) < 4.78 is 0. The predicted molar refractivity (Wildman–Crippen MR) is 79.8 cm³/mol. The predicted octanol–water partition coefficient (Wildman–Crippen LogP) is 2.18. The van der Waals surface area contributed by atoms with E-state index in [2.05, 4.69) is 0 Å². The molecular formula is C15H16N2O3S. The Hall–Kier alpha value is -2.00. The number of hydrogen-bond acceptors (Lipinski definition) is 4. The second-order valence-electron chi connectivity index (χ2n) is 5.22. The second-order valence-corrected chi connectivity index (χ2v) is 6.37. The molecule has 0 bridgehead atoms. The Morgan fingerprint density at radius 3 is 2.48 bits per heavy atom. The van der Waals surface area contributed by atoms with Gasteiger partial charge in [-0.3, -0.25) is 4.79 Å². The highest BCUT2D eigenvalue weighted by atomic mass is 32.2. The first kappa shape index (κ1) is 15.4. The molecule has 0 aromatic heterocycles. The number of benzene rings is 1. The molecule has 1 aliphatic rings. The first-order valence-corrected chi connectivity index (χ1v) is 7.67. The number of carbonyl (C=O) groups excluding carboxylic acids is 1. The van der Waals surface area contributed by atoms with E-state index in [-0.39, 0.29) is 17.2 Å². The van der Waals surface area contributed by atoms with Crippen molar-refractivity contribution in [2.24, 2.45) is 5.92 Å². The molecule has 1 N–H and O–H groups in total. The second kappa shape index (κ2) is 6.19. The lowest BCUT2D eigenvalue weighted by atomic mass is 10.1. The van der Waals surface area contributed by atoms with E-state index in [1.165, 1.54) is 16.7 Å². The number of nitriles is 1. The quantitative estimate of drug-likeness (QED) is 0.925. The van der Waals surface area contributed by atoms with E-state index in [0.717, 1.165) is 0 Å². The van der Waals surface area contributed by atoms with Gasteiger partial charge in [0, 0.05) is 11.3 Å². The zero-order chi connectivity index (χ0) is 15.6. The number of carboxylic acids is 1. The molecule has 2 atom stereocenters. The maximum absolute atomic E-state index is 12.6. The lowest BCUT2D eigenvalue weighted by Gasteiger charge is -2.29. The van der Waals surface area contributed by atoms with Gasteiger partial charge < -0.3 is 10.0 Å². The summed E-state index contributed by atoms with van der Waals surface area (Å²) >= 11 is 1.50. The summed E-state index contributed by atoms with van der Waals surface area (Å²) in [7, 11) is 0. The topological polar surface area (TPSA) is 81.4 Å². The van der Waals surface area contributed by atoms with Gasteiger partial charge in [-0.1, -0.05) is 13.8 Å². The van der Waals surface area contributed by atoms with Crippen molar-refractivity contribution in [2.75, 3.05) is 5.75 Å². The fourth-order valence-electron chi connectivity index (χ4n) is 2.33. The molecule has 6 heteroatoms. The molecule has 0 radical (unpaired) electrons. The average Bonchev–Trinajstić information content (AvgIpc) is 2.91. The molecule has 0 spiro atoms. The normalized spacial score (nSPS) is 21.3. The molecule has 2 rings (SSSR count). The molecule has 1 aromatic rings. The van der Waals surface area contributed by atoms with Gasteiger partial charge in [-0.2, -0.15) is 5.26 Å². The summed E-state index contributed by atoms with van der Waals surface area (Å²) in [5.41, 5.74) is 0.881. The van der Waals surface area contributed by atoms with Crippen molar-refractivity contribution in [2.45, 2.75) is 25.3 Å². The monoisotopic (exact) mass is 304 g/mol. The van der Waals surface area contributed by atoms with Gasteiger partial charge in [0.15, 0.2) is 0 Å². The highest BCUT2D eigenvalue weighted by Gasteiger charge is 2.43. The zero-order valence-electron chi connectivity index (χ0n) is 11.8. The Balaban J connectivity index is 2.32. The third kappa shape index (κ3) is 3.03. The highest BCUT2D eigenvalue weighted by Crippen LogP contribution is 2.35. The van der Waals surface area contributed by atoms with Crippen LogP contribution in [0.2, 0.25) is 0 Å². The minimum absolute atomic E-state index is 0.144. The van der Waals surface area contributed by atoms with E-state index in [9.17, 15) is 14.7 Å². The van der Waals surface area contributed by atoms with Crippen molar-refractivity contribution < 1.29 is 14.7 Å². The van der Waals surface area contributed by atoms with E-state index >= 15 is 0 Å². The van der Waals surface area contributed by atoms with Crippen LogP contribution in [0.25, 0.3) is 0 Å². The molecule has 1 saturated heterocycles. The summed E-state index contributed by atoms with van der Waals surface area (Å²) in [6.45, 7) is 3.95. The number of thioether (sulfide) groups is 1. The Labute approximate surface area is 127 Å². The van der Waals surface area contributed by atoms with Crippen molar-refractivity contribution >= 4 is 23.6 Å². The number of carbonyl (C=O) groups is 2. The fraction of sp³-hybridized carbons (Fsp3) is 0.400. The molecule has 2 unspecified atom stereocenters. The van der Waals surface area contributed by atoms with Crippen LogP contribution in [0.4, 0.5) is 0 Å². The average molecular weight is 304 g/mol. The van der Waals surface area contributed by atoms with Crippen molar-refractivity contribution in [3.8, 4) is 6.07 Å². The number of rotatable bonds is 3. The van der Waals surface area contributed by atoms with Gasteiger partial charge in [-0.05, 0) is 30.2 Å². The van der Waals surface area contributed by atoms with Crippen LogP contribution in [-0.2, 0) is 4.79 Å². The van der Waals surface area contributed by atoms with Crippen LogP contribution in [0.5, 0.6) is 0 Å². The van der Waals surface area contributed by atoms with Crippen molar-refractivity contribution in [1.29, 1.82) is 5.26 Å². The number of hydrogen-bond donors (Lipinski definition) is 1. The van der Waals surface area contributed by atoms with Gasteiger partial charge in [0.1, 0.15) is 6.04 Å². The molecular weight excluding hydrogens is 288 g/mol. The smallest absolute Gasteiger partial charge is 0.327 e. The Morgan fingerprint density at radius 1 is 1.38 bits per heavy atom. The van der Waals surface area contributed by atoms with Gasteiger partial charge in [0.05, 0.1) is 17.0 Å². The Kier molecular flexibility index (Phi) is 4.53. The Morgan fingerprint density at radius 2 is 2.00 bits per heavy atom. The first-order valence-electron chi connectivity index (χ1n) is 6.63. The number of nitrogens with zero attached hydrogens (tertiary/aromatic N) is 2. The van der Waals surface area contributed by atoms with Crippen molar-refractivity contribution in [3.05, 3.63) is 35.4 Å². The lowest BCUT2D eigenvalue weighted by molar-refractivity contribution is -0.141. The summed E-state index contributed by atoms with van der Waals surface area (Å²) in [4.78, 5) is 25.5. The van der Waals surface area contributed by atoms with Crippen LogP contribution in [0.1, 0.15) is 29.8 Å². The van der Waals surface area contributed by atoms with Gasteiger partial charge >= 0.3 is 5.97 Å². The van der Waals surface area contributed by atoms with Crippen LogP contribution < -0.4 is 0 Å². The van der Waals surface area contributed by atoms with Crippen LogP contribution in [0, 0.1) is 17.2 Å². The third-order valence-corrected chi connectivity index (χ3v) is 5.01. The van der Waals surface area contributed by atoms with E-state index in [1.807, 2.05) is 19.9 Å². The molecule has 1 heterocycles. The molecule has 0 aliphatic carbocycles. The maximum atomic E-state index is 12.6. The number of amides is 1. The molecule has 5 nitrogen and oxygen atoms in total. The largest absolute Gasteiger partial charge is 0.480 e. The zero-order valence-corrected chi connectivity index (χ0v) is 12.6. The van der Waals surface area contributed by atoms with E-state index in [1.54, 1.807) is 24.3 Å². The van der Waals surface area contributed by atoms with E-state index in [0.29, 0.717) is 16.9 Å². The Bertz CT molecular complexity index is 592. The van der Waals surface area contributed by atoms with Gasteiger partial charge in [-0.15, -0.1) is 11.8 Å². The van der Waals surface area contributed by atoms with Gasteiger partial charge in [-0.25, -0.2) is 4.79 Å². The highest BCUT2D eigenvalue weighted by molar-refractivity contribution is 8.00. The van der Waals surface area contributed by atoms with E-state index in [4.69, 9.17) is 5.26 Å². The van der Waals surface area contributed by atoms with Crippen molar-refractivity contribution in [1.82, 2.24) is 4.90 Å².